The van der Waals surface area contributed by atoms with E-state index in [9.17, 15) is 4.79 Å². The molecule has 0 aliphatic carbocycles. The van der Waals surface area contributed by atoms with Crippen molar-refractivity contribution in [1.29, 1.82) is 0 Å². The van der Waals surface area contributed by atoms with Crippen LogP contribution in [-0.2, 0) is 0 Å². The molecule has 3 heterocycles. The van der Waals surface area contributed by atoms with Crippen LogP contribution < -0.4 is 10.6 Å². The van der Waals surface area contributed by atoms with E-state index in [4.69, 9.17) is 5.73 Å². The van der Waals surface area contributed by atoms with Gasteiger partial charge in [-0.2, -0.15) is 0 Å². The Bertz CT molecular complexity index is 755. The molecule has 2 N–H and O–H groups in total. The fourth-order valence-electron chi connectivity index (χ4n) is 3.75. The lowest BCUT2D eigenvalue weighted by atomic mass is 9.95. The van der Waals surface area contributed by atoms with E-state index in [1.807, 2.05) is 23.1 Å². The SMILES string of the molecule is Cl.Cl.N[C@@H]1CN(C(=O)c2ccnc(N3CCCC3)n2)C[C@H]1c1ccccc1. The highest BCUT2D eigenvalue weighted by Gasteiger charge is 2.34. The second-order valence-corrected chi connectivity index (χ2v) is 6.83. The number of nitrogens with zero attached hydrogens (tertiary/aromatic N) is 4. The summed E-state index contributed by atoms with van der Waals surface area (Å²) in [6.45, 7) is 3.11. The van der Waals surface area contributed by atoms with Gasteiger partial charge in [0.2, 0.25) is 5.95 Å². The summed E-state index contributed by atoms with van der Waals surface area (Å²) < 4.78 is 0. The van der Waals surface area contributed by atoms with Crippen LogP contribution in [0.25, 0.3) is 0 Å². The molecule has 0 unspecified atom stereocenters. The van der Waals surface area contributed by atoms with Gasteiger partial charge in [0.05, 0.1) is 0 Å². The zero-order valence-corrected chi connectivity index (χ0v) is 16.7. The average molecular weight is 410 g/mol. The lowest BCUT2D eigenvalue weighted by molar-refractivity contribution is 0.0783. The van der Waals surface area contributed by atoms with Crippen molar-refractivity contribution in [2.45, 2.75) is 24.8 Å². The zero-order chi connectivity index (χ0) is 17.2. The normalized spacial score (nSPS) is 21.5. The Kier molecular flexibility index (Phi) is 7.41. The molecule has 0 saturated carbocycles. The third-order valence-corrected chi connectivity index (χ3v) is 5.13. The van der Waals surface area contributed by atoms with E-state index in [1.165, 1.54) is 5.56 Å². The number of halogens is 2. The predicted octanol–water partition coefficient (Wildman–Crippen LogP) is 2.49. The smallest absolute Gasteiger partial charge is 0.272 e. The molecule has 2 aliphatic rings. The van der Waals surface area contributed by atoms with Crippen molar-refractivity contribution in [3.05, 3.63) is 53.9 Å². The minimum Gasteiger partial charge on any atom is -0.341 e. The lowest BCUT2D eigenvalue weighted by Crippen LogP contribution is -2.33. The van der Waals surface area contributed by atoms with Gasteiger partial charge in [-0.25, -0.2) is 9.97 Å². The molecule has 6 nitrogen and oxygen atoms in total. The summed E-state index contributed by atoms with van der Waals surface area (Å²) in [7, 11) is 0. The summed E-state index contributed by atoms with van der Waals surface area (Å²) in [4.78, 5) is 25.7. The van der Waals surface area contributed by atoms with Gasteiger partial charge in [-0.3, -0.25) is 4.79 Å². The van der Waals surface area contributed by atoms with Crippen LogP contribution in [0.4, 0.5) is 5.95 Å². The minimum absolute atomic E-state index is 0. The summed E-state index contributed by atoms with van der Waals surface area (Å²) in [5.41, 5.74) is 7.95. The molecule has 0 radical (unpaired) electrons. The number of benzene rings is 1. The number of nitrogens with two attached hydrogens (primary N) is 1. The van der Waals surface area contributed by atoms with Gasteiger partial charge in [0.25, 0.3) is 5.91 Å². The van der Waals surface area contributed by atoms with E-state index in [0.717, 1.165) is 25.9 Å². The number of likely N-dealkylation sites (tertiary alicyclic amines) is 1. The van der Waals surface area contributed by atoms with Gasteiger partial charge in [0.1, 0.15) is 5.69 Å². The molecule has 146 valence electrons. The number of hydrogen-bond donors (Lipinski definition) is 1. The van der Waals surface area contributed by atoms with Crippen LogP contribution in [0.1, 0.15) is 34.8 Å². The molecule has 0 bridgehead atoms. The molecule has 1 amide bonds. The van der Waals surface area contributed by atoms with E-state index in [1.54, 1.807) is 12.3 Å². The fourth-order valence-corrected chi connectivity index (χ4v) is 3.75. The maximum atomic E-state index is 12.9. The predicted molar refractivity (Wildman–Crippen MR) is 111 cm³/mol. The Balaban J connectivity index is 0.00000131. The average Bonchev–Trinajstić information content (AvgIpc) is 3.32. The largest absolute Gasteiger partial charge is 0.341 e. The van der Waals surface area contributed by atoms with Crippen LogP contribution in [0, 0.1) is 0 Å². The van der Waals surface area contributed by atoms with E-state index in [0.29, 0.717) is 24.7 Å². The molecular weight excluding hydrogens is 385 g/mol. The van der Waals surface area contributed by atoms with E-state index in [2.05, 4.69) is 27.0 Å². The molecular formula is C19H25Cl2N5O. The first kappa shape index (κ1) is 21.4. The first-order valence-electron chi connectivity index (χ1n) is 8.90. The minimum atomic E-state index is -0.0586. The van der Waals surface area contributed by atoms with Crippen LogP contribution in [-0.4, -0.2) is 53.0 Å². The molecule has 2 fully saturated rings. The lowest BCUT2D eigenvalue weighted by Gasteiger charge is -2.18. The molecule has 8 heteroatoms. The standard InChI is InChI=1S/C19H23N5O.2ClH/c20-16-13-24(12-15(16)14-6-2-1-3-7-14)18(25)17-8-9-21-19(22-17)23-10-4-5-11-23;;/h1-3,6-9,15-16H,4-5,10-13,20H2;2*1H/t15-,16+;;/m0../s1. The van der Waals surface area contributed by atoms with Crippen LogP contribution in [0.2, 0.25) is 0 Å². The highest BCUT2D eigenvalue weighted by atomic mass is 35.5. The molecule has 2 aromatic rings. The van der Waals surface area contributed by atoms with Gasteiger partial charge in [-0.15, -0.1) is 24.8 Å². The molecule has 1 aromatic carbocycles. The molecule has 4 rings (SSSR count). The zero-order valence-electron chi connectivity index (χ0n) is 15.0. The second kappa shape index (κ2) is 9.35. The fraction of sp³-hybridized carbons (Fsp3) is 0.421. The quantitative estimate of drug-likeness (QED) is 0.842. The van der Waals surface area contributed by atoms with Gasteiger partial charge in [-0.1, -0.05) is 30.3 Å². The van der Waals surface area contributed by atoms with Gasteiger partial charge in [0, 0.05) is 44.3 Å². The maximum Gasteiger partial charge on any atom is 0.272 e. The Hall–Kier alpha value is -1.89. The molecule has 2 aliphatic heterocycles. The van der Waals surface area contributed by atoms with Gasteiger partial charge < -0.3 is 15.5 Å². The van der Waals surface area contributed by atoms with Crippen molar-refractivity contribution in [1.82, 2.24) is 14.9 Å². The Morgan fingerprint density at radius 1 is 1.04 bits per heavy atom. The number of carbonyl (C=O) groups excluding carboxylic acids is 1. The van der Waals surface area contributed by atoms with Crippen molar-refractivity contribution in [2.24, 2.45) is 5.73 Å². The summed E-state index contributed by atoms with van der Waals surface area (Å²) in [6.07, 6.45) is 3.99. The molecule has 1 aromatic heterocycles. The number of aromatic nitrogens is 2. The van der Waals surface area contributed by atoms with Crippen molar-refractivity contribution >= 4 is 36.7 Å². The molecule has 0 spiro atoms. The van der Waals surface area contributed by atoms with Crippen LogP contribution in [0.5, 0.6) is 0 Å². The maximum absolute atomic E-state index is 12.9. The van der Waals surface area contributed by atoms with E-state index >= 15 is 0 Å². The number of hydrogen-bond acceptors (Lipinski definition) is 5. The van der Waals surface area contributed by atoms with Crippen LogP contribution in [0.15, 0.2) is 42.6 Å². The van der Waals surface area contributed by atoms with Gasteiger partial charge >= 0.3 is 0 Å². The van der Waals surface area contributed by atoms with Crippen LogP contribution >= 0.6 is 24.8 Å². The van der Waals surface area contributed by atoms with Crippen molar-refractivity contribution < 1.29 is 4.79 Å². The molecule has 27 heavy (non-hydrogen) atoms. The summed E-state index contributed by atoms with van der Waals surface area (Å²) >= 11 is 0. The highest BCUT2D eigenvalue weighted by molar-refractivity contribution is 5.92. The number of carbonyl (C=O) groups is 1. The third-order valence-electron chi connectivity index (χ3n) is 5.13. The Morgan fingerprint density at radius 3 is 2.44 bits per heavy atom. The first-order valence-corrected chi connectivity index (χ1v) is 8.90. The summed E-state index contributed by atoms with van der Waals surface area (Å²) in [5.74, 6) is 0.772. The molecule has 2 saturated heterocycles. The van der Waals surface area contributed by atoms with E-state index in [-0.39, 0.29) is 42.7 Å². The second-order valence-electron chi connectivity index (χ2n) is 6.83. The topological polar surface area (TPSA) is 75.3 Å². The monoisotopic (exact) mass is 409 g/mol. The summed E-state index contributed by atoms with van der Waals surface area (Å²) in [5, 5.41) is 0. The van der Waals surface area contributed by atoms with Crippen molar-refractivity contribution in [2.75, 3.05) is 31.1 Å². The molecule has 2 atom stereocenters. The number of rotatable bonds is 3. The van der Waals surface area contributed by atoms with Gasteiger partial charge in [0.15, 0.2) is 0 Å². The third kappa shape index (κ3) is 4.51. The Morgan fingerprint density at radius 2 is 1.74 bits per heavy atom. The first-order chi connectivity index (χ1) is 12.2. The number of anilines is 1. The van der Waals surface area contributed by atoms with E-state index < -0.39 is 0 Å². The highest BCUT2D eigenvalue weighted by Crippen LogP contribution is 2.27. The number of amides is 1. The van der Waals surface area contributed by atoms with Gasteiger partial charge in [-0.05, 0) is 24.5 Å². The van der Waals surface area contributed by atoms with Crippen LogP contribution in [0.3, 0.4) is 0 Å². The Labute approximate surface area is 172 Å². The van der Waals surface area contributed by atoms with Crippen molar-refractivity contribution in [3.63, 3.8) is 0 Å². The van der Waals surface area contributed by atoms with Crippen molar-refractivity contribution in [3.8, 4) is 0 Å². The summed E-state index contributed by atoms with van der Waals surface area (Å²) in [6, 6.07) is 11.8.